The van der Waals surface area contributed by atoms with Crippen LogP contribution in [0, 0.1) is 0 Å². The van der Waals surface area contributed by atoms with Gasteiger partial charge in [0.2, 0.25) is 0 Å². The van der Waals surface area contributed by atoms with Gasteiger partial charge in [-0.2, -0.15) is 13.2 Å². The zero-order valence-electron chi connectivity index (χ0n) is 16.6. The van der Waals surface area contributed by atoms with Crippen LogP contribution in [0.3, 0.4) is 0 Å². The Bertz CT molecular complexity index is 448. The maximum atomic E-state index is 11.8. The van der Waals surface area contributed by atoms with E-state index in [0.717, 1.165) is 0 Å². The van der Waals surface area contributed by atoms with Gasteiger partial charge in [-0.25, -0.2) is 14.0 Å². The molecule has 1 unspecified atom stereocenters. The van der Waals surface area contributed by atoms with Gasteiger partial charge in [0.1, 0.15) is 18.5 Å². The van der Waals surface area contributed by atoms with Crippen LogP contribution in [0.4, 0.5) is 43.9 Å². The molecule has 7 nitrogen and oxygen atoms in total. The molecule has 0 aliphatic carbocycles. The van der Waals surface area contributed by atoms with Gasteiger partial charge in [0, 0.05) is 6.42 Å². The summed E-state index contributed by atoms with van der Waals surface area (Å²) in [4.78, 5) is 22.6. The van der Waals surface area contributed by atoms with Crippen LogP contribution >= 0.6 is 12.0 Å². The first-order valence-electron chi connectivity index (χ1n) is 7.17. The van der Waals surface area contributed by atoms with Crippen LogP contribution in [-0.2, 0) is 28.4 Å². The Morgan fingerprint density at radius 1 is 0.857 bits per heavy atom. The van der Waals surface area contributed by atoms with E-state index < -0.39 is 62.8 Å². The molecule has 0 spiro atoms. The largest absolute Gasteiger partial charge is 1.00 e. The van der Waals surface area contributed by atoms with Gasteiger partial charge in [-0.1, -0.05) is 34.7 Å². The Morgan fingerprint density at radius 3 is 1.60 bits per heavy atom. The fraction of sp³-hybridized carbons (Fsp3) is 0.875. The van der Waals surface area contributed by atoms with E-state index in [1.165, 1.54) is 0 Å². The summed E-state index contributed by atoms with van der Waals surface area (Å²) < 4.78 is 117. The third-order valence-corrected chi connectivity index (χ3v) is 2.55. The van der Waals surface area contributed by atoms with Crippen LogP contribution in [0.25, 0.3) is 0 Å². The van der Waals surface area contributed by atoms with Crippen LogP contribution in [0.1, 0.15) is 44.0 Å². The van der Waals surface area contributed by atoms with Gasteiger partial charge in [0.15, 0.2) is 6.67 Å². The van der Waals surface area contributed by atoms with Crippen molar-refractivity contribution in [1.82, 2.24) is 0 Å². The van der Waals surface area contributed by atoms with Gasteiger partial charge < -0.3 is 10.9 Å². The molecule has 0 aromatic heterocycles. The summed E-state index contributed by atoms with van der Waals surface area (Å²) in [5, 5.41) is 10.1. The number of hydrogen-bond acceptors (Lipinski definition) is 8. The van der Waals surface area contributed by atoms with Gasteiger partial charge in [-0.05, 0) is 0 Å². The number of rotatable bonds is 11. The van der Waals surface area contributed by atoms with E-state index in [-0.39, 0.29) is 73.7 Å². The Labute approximate surface area is 226 Å². The van der Waals surface area contributed by atoms with Crippen molar-refractivity contribution in [1.29, 1.82) is 0 Å². The molecule has 0 aromatic rings. The Hall–Kier alpha value is -0.530. The fourth-order valence-electron chi connectivity index (χ4n) is 0.905. The van der Waals surface area contributed by atoms with Crippen LogP contribution < -0.4 is 29.6 Å². The summed E-state index contributed by atoms with van der Waals surface area (Å²) in [5.74, 6) is -1.72. The predicted molar refractivity (Wildman–Crippen MR) is 107 cm³/mol. The molecule has 35 heavy (non-hydrogen) atoms. The molecule has 0 rings (SSSR count). The van der Waals surface area contributed by atoms with E-state index >= 15 is 0 Å². The number of hydrogen-bond donors (Lipinski definition) is 1. The molecule has 0 aliphatic heterocycles. The van der Waals surface area contributed by atoms with E-state index in [2.05, 4.69) is 18.8 Å². The number of ether oxygens (including phenoxy) is 2. The number of halogens is 10. The van der Waals surface area contributed by atoms with E-state index in [1.807, 2.05) is 0 Å². The van der Waals surface area contributed by atoms with Crippen molar-refractivity contribution in [2.24, 2.45) is 0 Å². The molecule has 19 heteroatoms. The van der Waals surface area contributed by atoms with E-state index in [4.69, 9.17) is 5.26 Å². The first kappa shape index (κ1) is 55.1. The van der Waals surface area contributed by atoms with Gasteiger partial charge in [0.05, 0.1) is 31.7 Å². The van der Waals surface area contributed by atoms with Gasteiger partial charge >= 0.3 is 54.1 Å². The molecule has 0 fully saturated rings. The van der Waals surface area contributed by atoms with E-state index in [0.29, 0.717) is 12.0 Å². The minimum Gasteiger partial charge on any atom is -1.00 e. The number of carbonyl (C=O) groups excluding carboxylic acids is 2. The van der Waals surface area contributed by atoms with Crippen molar-refractivity contribution in [3.8, 4) is 0 Å². The smallest absolute Gasteiger partial charge is 1.00 e. The van der Waals surface area contributed by atoms with Gasteiger partial charge in [-0.3, -0.25) is 14.0 Å². The van der Waals surface area contributed by atoms with Crippen LogP contribution in [-0.4, -0.2) is 68.3 Å². The Morgan fingerprint density at radius 2 is 1.29 bits per heavy atom. The fourth-order valence-corrected chi connectivity index (χ4v) is 1.39. The minimum absolute atomic E-state index is 0. The van der Waals surface area contributed by atoms with Crippen molar-refractivity contribution in [3.63, 3.8) is 0 Å². The van der Waals surface area contributed by atoms with Crippen molar-refractivity contribution < 1.29 is 109 Å². The van der Waals surface area contributed by atoms with Crippen LogP contribution in [0.5, 0.6) is 0 Å². The molecule has 0 bridgehead atoms. The minimum atomic E-state index is -5.50. The molecule has 0 aliphatic rings. The summed E-state index contributed by atoms with van der Waals surface area (Å²) in [5.41, 5.74) is 0. The number of esters is 2. The van der Waals surface area contributed by atoms with Gasteiger partial charge in [0.25, 0.3) is 0 Å². The SMILES string of the molecule is C.C.C.C.FC(F)(F)F.FCC(F)(F)F.O=C(CC(SOOO)C(=O)OCCCF)OCCF.[H-].[Na+]. The molecule has 0 radical (unpaired) electrons. The molecule has 0 aromatic carbocycles. The summed E-state index contributed by atoms with van der Waals surface area (Å²) in [6, 6.07) is 0. The second kappa shape index (κ2) is 33.5. The van der Waals surface area contributed by atoms with Crippen LogP contribution in [0.15, 0.2) is 0 Å². The molecule has 0 saturated carbocycles. The van der Waals surface area contributed by atoms with E-state index in [9.17, 15) is 53.5 Å². The molecule has 0 amide bonds. The summed E-state index contributed by atoms with van der Waals surface area (Å²) in [6.07, 6.45) is -10.6. The maximum Gasteiger partial charge on any atom is 1.00 e. The molecule has 0 heterocycles. The standard InChI is InChI=1S/C9H14F2O7S.C2H2F4.CF4.4CH4.Na.H/c10-2-1-4-16-9(13)7(19-18-17-14)6-8(12)15-5-3-11;3-1-2(4,5)6;2-1(3,4)5;;;;;;/h7,14H,1-6H2;1H2;;4*1H4;;/q;;;;;;;+1;-1. The zero-order chi connectivity index (χ0) is 24.2. The quantitative estimate of drug-likeness (QED) is 0.0747. The zero-order valence-corrected chi connectivity index (χ0v) is 18.4. The topological polar surface area (TPSA) is 91.3 Å². The number of alkyl halides is 10. The number of carbonyl (C=O) groups is 2. The summed E-state index contributed by atoms with van der Waals surface area (Å²) >= 11 is 0.314. The molecule has 216 valence electrons. The normalized spacial score (nSPS) is 10.3. The third kappa shape index (κ3) is 60.2. The summed E-state index contributed by atoms with van der Waals surface area (Å²) in [7, 11) is 0. The second-order valence-electron chi connectivity index (χ2n) is 4.23. The van der Waals surface area contributed by atoms with Crippen molar-refractivity contribution in [2.45, 2.75) is 60.4 Å². The van der Waals surface area contributed by atoms with Crippen LogP contribution in [0.2, 0.25) is 0 Å². The van der Waals surface area contributed by atoms with Crippen molar-refractivity contribution in [3.05, 3.63) is 0 Å². The molecule has 0 saturated heterocycles. The molecular formula is C16H33F10NaO7S. The molecular weight excluding hydrogens is 549 g/mol. The molecule has 1 atom stereocenters. The second-order valence-corrected chi connectivity index (χ2v) is 5.13. The first-order chi connectivity index (χ1) is 13.7. The van der Waals surface area contributed by atoms with Gasteiger partial charge in [-0.15, -0.1) is 21.9 Å². The predicted octanol–water partition coefficient (Wildman–Crippen LogP) is 3.88. The molecule has 1 N–H and O–H groups in total. The average molecular weight is 582 g/mol. The Kier molecular flexibility index (Phi) is 52.7. The maximum absolute atomic E-state index is 11.8. The van der Waals surface area contributed by atoms with E-state index in [1.54, 1.807) is 0 Å². The monoisotopic (exact) mass is 582 g/mol. The van der Waals surface area contributed by atoms with Crippen molar-refractivity contribution >= 4 is 24.0 Å². The average Bonchev–Trinajstić information content (AvgIpc) is 2.62. The first-order valence-corrected chi connectivity index (χ1v) is 7.98. The van der Waals surface area contributed by atoms with Crippen molar-refractivity contribution in [2.75, 3.05) is 33.2 Å². The summed E-state index contributed by atoms with van der Waals surface area (Å²) in [6.45, 7) is -4.32. The third-order valence-electron chi connectivity index (χ3n) is 1.81. The Balaban J connectivity index is -0.0000000522.